The van der Waals surface area contributed by atoms with Gasteiger partial charge in [0.15, 0.2) is 11.6 Å². The van der Waals surface area contributed by atoms with Crippen LogP contribution in [0, 0.1) is 17.8 Å². The first-order valence-corrected chi connectivity index (χ1v) is 19.9. The van der Waals surface area contributed by atoms with E-state index in [0.717, 1.165) is 44.9 Å². The quantitative estimate of drug-likeness (QED) is 0.0538. The maximum Gasteiger partial charge on any atom is 0.184 e. The van der Waals surface area contributed by atoms with Gasteiger partial charge in [-0.3, -0.25) is 4.79 Å². The fraction of sp³-hybridized carbons (Fsp3) is 0.800. The molecule has 1 fully saturated rings. The third kappa shape index (κ3) is 32.4. The maximum atomic E-state index is 11.3. The summed E-state index contributed by atoms with van der Waals surface area (Å²) in [5, 5.41) is 0. The number of carbonyl (C=O) groups excluding carboxylic acids is 2. The summed E-state index contributed by atoms with van der Waals surface area (Å²) in [7, 11) is 1.54. The third-order valence-electron chi connectivity index (χ3n) is 5.72. The Hall–Kier alpha value is 1.62. The minimum atomic E-state index is -0.346. The Morgan fingerprint density at radius 2 is 1.51 bits per heavy atom. The van der Waals surface area contributed by atoms with Gasteiger partial charge in [-0.05, 0) is 68.8 Å². The Balaban J connectivity index is -0.000000469. The van der Waals surface area contributed by atoms with E-state index >= 15 is 0 Å². The fourth-order valence-corrected chi connectivity index (χ4v) is 6.30. The van der Waals surface area contributed by atoms with Crippen molar-refractivity contribution in [3.05, 3.63) is 24.3 Å². The molecule has 1 heterocycles. The second-order valence-electron chi connectivity index (χ2n) is 9.99. The number of aldehydes is 1. The van der Waals surface area contributed by atoms with Gasteiger partial charge in [-0.1, -0.05) is 143 Å². The summed E-state index contributed by atoms with van der Waals surface area (Å²) in [6.45, 7) is 15.1. The number of allylic oxidation sites excluding steroid dienone is 3. The second kappa shape index (κ2) is 31.1. The molecule has 232 valence electrons. The van der Waals surface area contributed by atoms with E-state index in [9.17, 15) is 9.59 Å². The van der Waals surface area contributed by atoms with Crippen LogP contribution in [-0.2, 0) is 23.8 Å². The molecule has 0 saturated carbocycles. The summed E-state index contributed by atoms with van der Waals surface area (Å²) in [6.07, 6.45) is 14.4. The molecular formula is C30H54I4O5. The Kier molecular flexibility index (Phi) is 35.9. The first-order chi connectivity index (χ1) is 18.4. The molecule has 1 aliphatic rings. The van der Waals surface area contributed by atoms with Crippen LogP contribution >= 0.6 is 90.4 Å². The van der Waals surface area contributed by atoms with Crippen molar-refractivity contribution >= 4 is 102 Å². The Bertz CT molecular complexity index is 628. The number of methoxy groups -OCH3 is 1. The van der Waals surface area contributed by atoms with Crippen LogP contribution in [0.25, 0.3) is 0 Å². The van der Waals surface area contributed by atoms with Crippen LogP contribution in [0.5, 0.6) is 0 Å². The molecule has 0 amide bonds. The van der Waals surface area contributed by atoms with Crippen molar-refractivity contribution in [2.24, 2.45) is 17.8 Å². The zero-order chi connectivity index (χ0) is 30.7. The van der Waals surface area contributed by atoms with Crippen molar-refractivity contribution in [2.45, 2.75) is 98.6 Å². The molecule has 39 heavy (non-hydrogen) atoms. The summed E-state index contributed by atoms with van der Waals surface area (Å²) >= 11 is 9.41. The molecule has 0 aliphatic carbocycles. The fourth-order valence-electron chi connectivity index (χ4n) is 2.58. The lowest BCUT2D eigenvalue weighted by Gasteiger charge is -2.16. The molecule has 0 aromatic heterocycles. The van der Waals surface area contributed by atoms with E-state index in [-0.39, 0.29) is 23.6 Å². The van der Waals surface area contributed by atoms with Crippen molar-refractivity contribution < 1.29 is 23.8 Å². The highest BCUT2D eigenvalue weighted by Crippen LogP contribution is 2.24. The topological polar surface area (TPSA) is 61.8 Å². The average Bonchev–Trinajstić information content (AvgIpc) is 3.25. The first kappa shape index (κ1) is 45.1. The molecule has 1 saturated heterocycles. The molecule has 1 aliphatic heterocycles. The van der Waals surface area contributed by atoms with Gasteiger partial charge in [-0.2, -0.15) is 0 Å². The van der Waals surface area contributed by atoms with Crippen molar-refractivity contribution in [2.75, 3.05) is 31.4 Å². The lowest BCUT2D eigenvalue weighted by molar-refractivity contribution is -0.138. The zero-order valence-corrected chi connectivity index (χ0v) is 34.0. The molecule has 0 N–H and O–H groups in total. The predicted octanol–water partition coefficient (Wildman–Crippen LogP) is 9.63. The molecule has 0 radical (unpaired) electrons. The van der Waals surface area contributed by atoms with E-state index in [0.29, 0.717) is 12.0 Å². The smallest absolute Gasteiger partial charge is 0.184 e. The molecule has 5 nitrogen and oxygen atoms in total. The van der Waals surface area contributed by atoms with Gasteiger partial charge in [0.05, 0.1) is 12.7 Å². The molecular weight excluding hydrogens is 948 g/mol. The molecule has 5 atom stereocenters. The van der Waals surface area contributed by atoms with Gasteiger partial charge in [0, 0.05) is 26.3 Å². The standard InChI is InChI=1S/C12H19IO2.C7H13IO2.C6H13I.C5H9IO/c1-10(8-9-13)6-4-5-7-12(14)11(2)15-3;1-7(2)9-5-6(10-7)3-4-8;1-3-6(2)4-5-7;1-5(4-7)2-3-6/h4-7,10-11H,8-9H2,1-3H3;6H,3-5H2,1-2H3;6H,3-5H2,1-2H3;4-5H,2-3H2,1H3/b6-4+,7-5+;;;/t10-,11?;2*6-;5-/m0101/s1. The number of halogens is 4. The molecule has 1 rings (SSSR count). The number of alkyl halides is 4. The number of ether oxygens (including phenoxy) is 3. The van der Waals surface area contributed by atoms with E-state index in [4.69, 9.17) is 14.2 Å². The monoisotopic (exact) mass is 1000 g/mol. The van der Waals surface area contributed by atoms with Gasteiger partial charge in [0.2, 0.25) is 0 Å². The van der Waals surface area contributed by atoms with E-state index < -0.39 is 0 Å². The lowest BCUT2D eigenvalue weighted by atomic mass is 10.1. The van der Waals surface area contributed by atoms with Crippen LogP contribution in [0.4, 0.5) is 0 Å². The Morgan fingerprint density at radius 3 is 1.87 bits per heavy atom. The van der Waals surface area contributed by atoms with E-state index in [2.05, 4.69) is 117 Å². The van der Waals surface area contributed by atoms with Crippen molar-refractivity contribution in [1.82, 2.24) is 0 Å². The van der Waals surface area contributed by atoms with Crippen LogP contribution in [0.3, 0.4) is 0 Å². The first-order valence-electron chi connectivity index (χ1n) is 13.8. The number of ketones is 1. The van der Waals surface area contributed by atoms with Gasteiger partial charge in [-0.15, -0.1) is 0 Å². The zero-order valence-electron chi connectivity index (χ0n) is 25.4. The Morgan fingerprint density at radius 1 is 0.949 bits per heavy atom. The van der Waals surface area contributed by atoms with E-state index in [1.807, 2.05) is 26.8 Å². The normalized spacial score (nSPS) is 19.0. The molecule has 9 heteroatoms. The summed E-state index contributed by atoms with van der Waals surface area (Å²) in [5.74, 6) is 1.44. The SMILES string of the molecule is CC1(C)OC[C@@H](CCI)O1.CC[C@H](C)CCI.COC(C)C(=O)/C=C/C=C/[C@H](C)CCI.C[C@@H](C=O)CCI. The molecule has 1 unspecified atom stereocenters. The summed E-state index contributed by atoms with van der Waals surface area (Å²) in [6, 6.07) is 0. The lowest BCUT2D eigenvalue weighted by Crippen LogP contribution is -2.21. The van der Waals surface area contributed by atoms with Crippen LogP contribution < -0.4 is 0 Å². The van der Waals surface area contributed by atoms with Crippen LogP contribution in [-0.4, -0.2) is 61.5 Å². The van der Waals surface area contributed by atoms with Crippen LogP contribution in [0.2, 0.25) is 0 Å². The molecule has 0 bridgehead atoms. The highest BCUT2D eigenvalue weighted by Gasteiger charge is 2.31. The van der Waals surface area contributed by atoms with Crippen molar-refractivity contribution in [3.8, 4) is 0 Å². The summed E-state index contributed by atoms with van der Waals surface area (Å²) in [5.41, 5.74) is 0. The van der Waals surface area contributed by atoms with Gasteiger partial charge in [0.25, 0.3) is 0 Å². The van der Waals surface area contributed by atoms with Crippen molar-refractivity contribution in [3.63, 3.8) is 0 Å². The minimum absolute atomic E-state index is 0.00342. The average molecular weight is 1000 g/mol. The highest BCUT2D eigenvalue weighted by atomic mass is 127. The highest BCUT2D eigenvalue weighted by molar-refractivity contribution is 14.1. The predicted molar refractivity (Wildman–Crippen MR) is 203 cm³/mol. The van der Waals surface area contributed by atoms with Gasteiger partial charge < -0.3 is 19.0 Å². The van der Waals surface area contributed by atoms with Gasteiger partial charge in [0.1, 0.15) is 12.4 Å². The summed E-state index contributed by atoms with van der Waals surface area (Å²) < 4.78 is 20.5. The molecule has 0 aromatic carbocycles. The van der Waals surface area contributed by atoms with Gasteiger partial charge in [-0.25, -0.2) is 0 Å². The Labute approximate surface area is 295 Å². The van der Waals surface area contributed by atoms with Crippen molar-refractivity contribution in [1.29, 1.82) is 0 Å². The van der Waals surface area contributed by atoms with Crippen LogP contribution in [0.15, 0.2) is 24.3 Å². The number of hydrogen-bond donors (Lipinski definition) is 0. The largest absolute Gasteiger partial charge is 0.374 e. The number of rotatable bonds is 15. The van der Waals surface area contributed by atoms with Crippen LogP contribution in [0.1, 0.15) is 80.6 Å². The van der Waals surface area contributed by atoms with E-state index in [1.54, 1.807) is 19.1 Å². The number of carbonyl (C=O) groups is 2. The molecule has 0 spiro atoms. The third-order valence-corrected chi connectivity index (χ3v) is 8.22. The molecule has 0 aromatic rings. The van der Waals surface area contributed by atoms with E-state index in [1.165, 1.54) is 30.8 Å². The second-order valence-corrected chi connectivity index (χ2v) is 14.3. The maximum absolute atomic E-state index is 11.3. The minimum Gasteiger partial charge on any atom is -0.374 e. The van der Waals surface area contributed by atoms with Gasteiger partial charge >= 0.3 is 0 Å². The number of hydrogen-bond acceptors (Lipinski definition) is 5. The summed E-state index contributed by atoms with van der Waals surface area (Å²) in [4.78, 5) is 21.2.